The molecule has 0 aliphatic heterocycles. The first-order valence-corrected chi connectivity index (χ1v) is 19.2. The van der Waals surface area contributed by atoms with Gasteiger partial charge in [0.25, 0.3) is 0 Å². The fourth-order valence-electron chi connectivity index (χ4n) is 6.24. The minimum absolute atomic E-state index is 0.148. The molecule has 0 aliphatic carbocycles. The molecule has 11 heteroatoms. The van der Waals surface area contributed by atoms with Gasteiger partial charge in [0.1, 0.15) is 29.8 Å². The number of hydrogen-bond acceptors (Lipinski definition) is 9. The molecule has 1 atom stereocenters. The molecule has 2 aromatic heterocycles. The minimum atomic E-state index is -3.37. The molecule has 0 radical (unpaired) electrons. The van der Waals surface area contributed by atoms with E-state index < -0.39 is 13.1 Å². The van der Waals surface area contributed by atoms with Crippen LogP contribution < -0.4 is 14.8 Å². The van der Waals surface area contributed by atoms with E-state index >= 15 is 0 Å². The van der Waals surface area contributed by atoms with Gasteiger partial charge in [-0.05, 0) is 67.3 Å². The van der Waals surface area contributed by atoms with Gasteiger partial charge in [0.05, 0.1) is 26.4 Å². The van der Waals surface area contributed by atoms with Gasteiger partial charge >= 0.3 is 7.60 Å². The number of anilines is 1. The van der Waals surface area contributed by atoms with Crippen molar-refractivity contribution in [2.45, 2.75) is 45.4 Å². The Morgan fingerprint density at radius 2 is 1.35 bits per heavy atom. The smallest absolute Gasteiger partial charge is 0.356 e. The van der Waals surface area contributed by atoms with Gasteiger partial charge in [-0.1, -0.05) is 103 Å². The Labute approximate surface area is 305 Å². The number of methoxy groups -OCH3 is 1. The third-order valence-corrected chi connectivity index (χ3v) is 10.4. The highest BCUT2D eigenvalue weighted by Gasteiger charge is 2.38. The molecule has 0 bridgehead atoms. The second-order valence-electron chi connectivity index (χ2n) is 12.2. The first kappa shape index (κ1) is 36.8. The summed E-state index contributed by atoms with van der Waals surface area (Å²) in [5, 5.41) is 8.88. The molecule has 4 aromatic carbocycles. The van der Waals surface area contributed by atoms with Gasteiger partial charge in [-0.15, -0.1) is 5.10 Å². The predicted molar refractivity (Wildman–Crippen MR) is 203 cm³/mol. The molecule has 0 saturated carbocycles. The number of nitrogens with one attached hydrogen (secondary N) is 1. The molecule has 1 N–H and O–H groups in total. The average molecular weight is 721 g/mol. The van der Waals surface area contributed by atoms with Crippen LogP contribution in [-0.4, -0.2) is 47.4 Å². The minimum Gasteiger partial charge on any atom is -0.497 e. The van der Waals surface area contributed by atoms with Crippen LogP contribution in [0, 0.1) is 0 Å². The molecule has 0 aliphatic rings. The molecule has 270 valence electrons. The fraction of sp³-hybridized carbons (Fsp3) is 0.268. The second-order valence-corrected chi connectivity index (χ2v) is 14.2. The summed E-state index contributed by atoms with van der Waals surface area (Å²) in [5.74, 6) is 1.52. The van der Waals surface area contributed by atoms with Crippen molar-refractivity contribution < 1.29 is 27.8 Å². The standard InChI is InChI=1S/C41H45N4O6P/c1-5-50-52(46,51-6-2)30-49-31(3)28-36-24-27-38-39(48-29-32-16-10-7-11-17-32)42-40(44-45(36)38)43-41(33-18-12-8-13-19-33,34-20-14-9-15-21-34)35-22-25-37(47-4)26-23-35/h7-27,31H,5-6,28-30H2,1-4H3,(H,43,44). The zero-order valence-electron chi connectivity index (χ0n) is 30.0. The molecule has 1 unspecified atom stereocenters. The third kappa shape index (κ3) is 8.38. The van der Waals surface area contributed by atoms with Gasteiger partial charge in [-0.3, -0.25) is 4.57 Å². The highest BCUT2D eigenvalue weighted by atomic mass is 31.2. The van der Waals surface area contributed by atoms with E-state index in [0.717, 1.165) is 33.7 Å². The van der Waals surface area contributed by atoms with Crippen LogP contribution in [0.25, 0.3) is 5.52 Å². The van der Waals surface area contributed by atoms with Crippen LogP contribution in [0.2, 0.25) is 0 Å². The molecule has 2 heterocycles. The molecule has 52 heavy (non-hydrogen) atoms. The zero-order valence-corrected chi connectivity index (χ0v) is 30.9. The molecule has 6 aromatic rings. The van der Waals surface area contributed by atoms with Crippen LogP contribution in [0.5, 0.6) is 11.6 Å². The molecular weight excluding hydrogens is 675 g/mol. The Morgan fingerprint density at radius 3 is 1.92 bits per heavy atom. The van der Waals surface area contributed by atoms with E-state index in [4.69, 9.17) is 33.3 Å². The van der Waals surface area contributed by atoms with Crippen molar-refractivity contribution in [3.05, 3.63) is 155 Å². The quantitative estimate of drug-likeness (QED) is 0.0689. The highest BCUT2D eigenvalue weighted by molar-refractivity contribution is 7.53. The number of aromatic nitrogens is 3. The summed E-state index contributed by atoms with van der Waals surface area (Å²) in [7, 11) is -1.72. The summed E-state index contributed by atoms with van der Waals surface area (Å²) < 4.78 is 43.8. The summed E-state index contributed by atoms with van der Waals surface area (Å²) in [6.07, 6.45) is -0.0215. The van der Waals surface area contributed by atoms with E-state index in [0.29, 0.717) is 30.4 Å². The maximum atomic E-state index is 13.1. The van der Waals surface area contributed by atoms with Crippen molar-refractivity contribution in [3.8, 4) is 11.6 Å². The molecule has 10 nitrogen and oxygen atoms in total. The number of rotatable bonds is 18. The maximum absolute atomic E-state index is 13.1. The Balaban J connectivity index is 1.44. The van der Waals surface area contributed by atoms with Crippen molar-refractivity contribution in [3.63, 3.8) is 0 Å². The molecule has 0 amide bonds. The van der Waals surface area contributed by atoms with Crippen LogP contribution in [-0.2, 0) is 36.9 Å². The van der Waals surface area contributed by atoms with Crippen LogP contribution in [0.15, 0.2) is 127 Å². The first-order valence-electron chi connectivity index (χ1n) is 17.5. The zero-order chi connectivity index (χ0) is 36.4. The van der Waals surface area contributed by atoms with Gasteiger partial charge in [0, 0.05) is 12.1 Å². The van der Waals surface area contributed by atoms with E-state index in [1.165, 1.54) is 0 Å². The largest absolute Gasteiger partial charge is 0.497 e. The number of hydrogen-bond donors (Lipinski definition) is 1. The fourth-order valence-corrected chi connectivity index (χ4v) is 7.69. The van der Waals surface area contributed by atoms with Crippen LogP contribution in [0.1, 0.15) is 48.7 Å². The maximum Gasteiger partial charge on any atom is 0.356 e. The Bertz CT molecular complexity index is 2010. The summed E-state index contributed by atoms with van der Waals surface area (Å²) in [6, 6.07) is 42.4. The van der Waals surface area contributed by atoms with Crippen LogP contribution >= 0.6 is 7.60 Å². The normalized spacial score (nSPS) is 12.5. The molecule has 0 saturated heterocycles. The highest BCUT2D eigenvalue weighted by Crippen LogP contribution is 2.48. The summed E-state index contributed by atoms with van der Waals surface area (Å²) in [6.45, 7) is 6.33. The number of fused-ring (bicyclic) bond motifs is 1. The van der Waals surface area contributed by atoms with E-state index in [1.54, 1.807) is 21.0 Å². The van der Waals surface area contributed by atoms with Crippen molar-refractivity contribution in [1.82, 2.24) is 14.6 Å². The summed E-state index contributed by atoms with van der Waals surface area (Å²) >= 11 is 0. The number of nitrogens with zero attached hydrogens (tertiary/aromatic N) is 3. The lowest BCUT2D eigenvalue weighted by Crippen LogP contribution is -2.39. The van der Waals surface area contributed by atoms with Crippen LogP contribution in [0.4, 0.5) is 5.95 Å². The van der Waals surface area contributed by atoms with Gasteiger partial charge in [-0.2, -0.15) is 4.98 Å². The van der Waals surface area contributed by atoms with Gasteiger partial charge in [0.15, 0.2) is 0 Å². The van der Waals surface area contributed by atoms with E-state index in [-0.39, 0.29) is 25.7 Å². The number of benzene rings is 4. The van der Waals surface area contributed by atoms with Gasteiger partial charge < -0.3 is 28.6 Å². The molecule has 0 fully saturated rings. The lowest BCUT2D eigenvalue weighted by molar-refractivity contribution is 0.0770. The Kier molecular flexibility index (Phi) is 12.0. The van der Waals surface area contributed by atoms with Crippen molar-refractivity contribution >= 4 is 19.1 Å². The average Bonchev–Trinajstić information content (AvgIpc) is 3.58. The Morgan fingerprint density at radius 1 is 0.769 bits per heavy atom. The molecular formula is C41H45N4O6P. The van der Waals surface area contributed by atoms with Crippen molar-refractivity contribution in [2.24, 2.45) is 0 Å². The molecule has 6 rings (SSSR count). The van der Waals surface area contributed by atoms with E-state index in [2.05, 4.69) is 41.7 Å². The van der Waals surface area contributed by atoms with Gasteiger partial charge in [0.2, 0.25) is 11.8 Å². The Hall–Kier alpha value is -4.99. The summed E-state index contributed by atoms with van der Waals surface area (Å²) in [5.41, 5.74) is 4.60. The lowest BCUT2D eigenvalue weighted by Gasteiger charge is -2.37. The van der Waals surface area contributed by atoms with Crippen molar-refractivity contribution in [1.29, 1.82) is 0 Å². The predicted octanol–water partition coefficient (Wildman–Crippen LogP) is 8.89. The number of ether oxygens (including phenoxy) is 3. The third-order valence-electron chi connectivity index (χ3n) is 8.67. The van der Waals surface area contributed by atoms with Crippen LogP contribution in [0.3, 0.4) is 0 Å². The van der Waals surface area contributed by atoms with E-state index in [1.807, 2.05) is 102 Å². The second kappa shape index (κ2) is 17.0. The first-order chi connectivity index (χ1) is 25.4. The van der Waals surface area contributed by atoms with E-state index in [9.17, 15) is 4.57 Å². The monoisotopic (exact) mass is 720 g/mol. The summed E-state index contributed by atoms with van der Waals surface area (Å²) in [4.78, 5) is 5.02. The van der Waals surface area contributed by atoms with Gasteiger partial charge in [-0.25, -0.2) is 4.52 Å². The van der Waals surface area contributed by atoms with Crippen molar-refractivity contribution in [2.75, 3.05) is 32.0 Å². The lowest BCUT2D eigenvalue weighted by atomic mass is 9.77. The molecule has 0 spiro atoms. The topological polar surface area (TPSA) is 105 Å². The SMILES string of the molecule is CCOP(=O)(COC(C)Cc1ccc2c(OCc3ccccc3)nc(NC(c3ccccc3)(c3ccccc3)c3ccc(OC)cc3)nn12)OCC.